The third-order valence-corrected chi connectivity index (χ3v) is 21.2. The number of phenolic OH excluding ortho intramolecular Hbond substituents is 3. The van der Waals surface area contributed by atoms with Gasteiger partial charge in [0.15, 0.2) is 29.9 Å². The van der Waals surface area contributed by atoms with E-state index in [1.54, 1.807) is 13.8 Å². The van der Waals surface area contributed by atoms with Crippen LogP contribution in [0.2, 0.25) is 11.5 Å². The molecule has 11 bridgehead atoms. The zero-order chi connectivity index (χ0) is 108. The number of primary amides is 1. The Kier molecular flexibility index (Phi) is 23.0. The van der Waals surface area contributed by atoms with E-state index in [-0.39, 0.29) is 23.2 Å². The number of phenols is 3. The molecule has 0 spiro atoms. The van der Waals surface area contributed by atoms with E-state index in [1.165, 1.54) is 20.9 Å². The van der Waals surface area contributed by atoms with Crippen molar-refractivity contribution < 1.29 is 162 Å². The third-order valence-electron chi connectivity index (χ3n) is 20.0. The number of fused-ring (bicyclic) bond motifs is 15. The van der Waals surface area contributed by atoms with Gasteiger partial charge in [-0.15, -0.1) is 0 Å². The van der Waals surface area contributed by atoms with Crippen LogP contribution in [0.3, 0.4) is 0 Å². The normalized spacial score (nSPS) is 30.6. The second-order valence-corrected chi connectivity index (χ2v) is 31.5. The molecule has 2 fully saturated rings. The van der Waals surface area contributed by atoms with E-state index in [0.29, 0.717) is 6.07 Å². The molecule has 0 radical (unpaired) electrons. The van der Waals surface area contributed by atoms with Gasteiger partial charge in [-0.2, -0.15) is 0 Å². The number of nitrogens with one attached hydrogen (secondary N) is 10. The smallest absolute Gasteiger partial charge is 0.339 e. The Bertz CT molecular complexity index is 5720. The molecule has 121 heavy (non-hydrogen) atoms. The number of aliphatic carboxylic acids is 1. The van der Waals surface area contributed by atoms with Gasteiger partial charge in [0.1, 0.15) is 90.9 Å². The average molecular weight is 1780 g/mol. The molecule has 2 saturated heterocycles. The van der Waals surface area contributed by atoms with Crippen molar-refractivity contribution in [3.8, 4) is 57.1 Å². The predicted molar refractivity (Wildman–Crippen MR) is 432 cm³/mol. The van der Waals surface area contributed by atoms with Crippen LogP contribution in [-0.4, -0.2) is 227 Å². The van der Waals surface area contributed by atoms with Crippen molar-refractivity contribution >= 4 is 78.1 Å². The van der Waals surface area contributed by atoms with Crippen molar-refractivity contribution in [2.45, 2.75) is 221 Å². The van der Waals surface area contributed by atoms with Gasteiger partial charge in [0.05, 0.1) is 53.2 Å². The van der Waals surface area contributed by atoms with Gasteiger partial charge in [-0.25, -0.2) is 4.79 Å². The van der Waals surface area contributed by atoms with Gasteiger partial charge >= 0.3 is 13.6 Å². The number of ether oxygens (including phenoxy) is 6. The number of benzene rings is 5. The molecule has 0 unspecified atom stereocenters. The molecule has 5 aromatic carbocycles. The van der Waals surface area contributed by atoms with E-state index >= 15 is 24.0 Å². The fraction of sp³-hybridized carbons (Fsp3) is 0.525. The summed E-state index contributed by atoms with van der Waals surface area (Å²) in [6.45, 7) is -6.41. The highest BCUT2D eigenvalue weighted by Crippen LogP contribution is 2.51. The lowest BCUT2D eigenvalue weighted by Crippen LogP contribution is -2.65. The molecule has 0 aromatic heterocycles. The number of amides is 7. The van der Waals surface area contributed by atoms with Gasteiger partial charge in [0.2, 0.25) is 53.4 Å². The molecule has 18 atom stereocenters. The fourth-order valence-corrected chi connectivity index (χ4v) is 14.8. The molecule has 662 valence electrons. The summed E-state index contributed by atoms with van der Waals surface area (Å²) in [4.78, 5) is 139. The van der Waals surface area contributed by atoms with E-state index in [1.807, 2.05) is 0 Å². The van der Waals surface area contributed by atoms with Crippen LogP contribution >= 0.6 is 30.8 Å². The maximum atomic E-state index is 16.4. The molecule has 7 aliphatic heterocycles. The lowest BCUT2D eigenvalue weighted by molar-refractivity contribution is -0.334. The first-order chi connectivity index (χ1) is 65.6. The van der Waals surface area contributed by atoms with Crippen LogP contribution in [0.1, 0.15) is 197 Å². The molecule has 24 N–H and O–H groups in total. The van der Waals surface area contributed by atoms with Crippen LogP contribution in [0.5, 0.6) is 46.0 Å². The van der Waals surface area contributed by atoms with Crippen LogP contribution in [-0.2, 0) is 63.7 Å². The Labute approximate surface area is 736 Å². The molecule has 0 saturated carbocycles. The Morgan fingerprint density at radius 3 is 1.98 bits per heavy atom. The van der Waals surface area contributed by atoms with Crippen molar-refractivity contribution in [3.63, 3.8) is 0 Å². The highest BCUT2D eigenvalue weighted by atomic mass is 35.5. The Balaban J connectivity index is 1.13. The molecule has 5 aromatic rings. The quantitative estimate of drug-likeness (QED) is 0.0294. The van der Waals surface area contributed by atoms with Gasteiger partial charge in [0.25, 0.3) is 0 Å². The predicted octanol–water partition coefficient (Wildman–Crippen LogP) is 2.69. The fourth-order valence-electron chi connectivity index (χ4n) is 13.9. The monoisotopic (exact) mass is 1780 g/mol. The Morgan fingerprint density at radius 2 is 1.36 bits per heavy atom. The second kappa shape index (κ2) is 41.4. The summed E-state index contributed by atoms with van der Waals surface area (Å²) in [5, 5.41) is 139. The van der Waals surface area contributed by atoms with Gasteiger partial charge in [-0.05, 0) is 123 Å². The van der Waals surface area contributed by atoms with E-state index < -0.39 is 369 Å². The summed E-state index contributed by atoms with van der Waals surface area (Å²) in [5.74, 6) is -19.1. The van der Waals surface area contributed by atoms with Crippen molar-refractivity contribution in [1.29, 1.82) is 0 Å². The minimum absolute atomic E-state index is 0.106. The minimum atomic E-state index is -4.94. The van der Waals surface area contributed by atoms with Crippen LogP contribution in [0.25, 0.3) is 11.1 Å². The number of carboxylic acids is 1. The SMILES string of the molecule is [2H]N(CCN[C@@]1(C)C[C@H](O[C@H]2[C@H](Oc3c4cc5cc3Oc3ccc(cc3Cl)[C@@H](O)[C@@H](NC(=O)[C@@H](CC(C)C)NC)C(=O)N[C@@H](CC(N)=O)C(=O)N[C@H]5C(=O)N[C@H]3C(=O)N[C@H](C(=O)N[C@H](C(=O)O)c5cc(O)c(CNCP(=O)(O)O)c(O)c5-c5cc3ccc5O)[C@H](O)c3ccc(c(Cl)c3)O4)O[C@H](CO)[C@@H](O)[C@@H]2O)O[C@@H](C)[C@H]1O)C([2H])([2H])C([2H])([2H])C([2H])([2H])C([2H])([2H])C([2H])([2H])C([2H])([2H])C([2H])([2H])C([2H])([2H])C([2H])([2H])C([2H])([2H])[2H]. The number of aliphatic hydroxyl groups is 6. The number of carbonyl (C=O) groups excluding carboxylic acids is 7. The number of carbonyl (C=O) groups is 8. The zero-order valence-corrected chi connectivity index (χ0v) is 67.1. The molecule has 0 aliphatic carbocycles. The molecular formula is C80H106Cl2N11O27P. The highest BCUT2D eigenvalue weighted by molar-refractivity contribution is 7.51. The average Bonchev–Trinajstić information content (AvgIpc) is 0.682. The van der Waals surface area contributed by atoms with Crippen molar-refractivity contribution in [2.24, 2.45) is 11.7 Å². The van der Waals surface area contributed by atoms with Gasteiger partial charge < -0.3 is 148 Å². The first-order valence-corrected chi connectivity index (χ1v) is 39.7. The number of halogens is 2. The summed E-state index contributed by atoms with van der Waals surface area (Å²) in [6, 6.07) is -4.58. The molecule has 38 nitrogen and oxygen atoms in total. The van der Waals surface area contributed by atoms with Crippen LogP contribution < -0.4 is 73.1 Å². The molecule has 12 rings (SSSR count). The van der Waals surface area contributed by atoms with E-state index in [2.05, 4.69) is 47.9 Å². The zero-order valence-electron chi connectivity index (χ0n) is 86.7. The third kappa shape index (κ3) is 23.0. The van der Waals surface area contributed by atoms with Gasteiger partial charge in [0, 0.05) is 77.1 Å². The van der Waals surface area contributed by atoms with Crippen LogP contribution in [0.15, 0.2) is 72.8 Å². The summed E-state index contributed by atoms with van der Waals surface area (Å²) in [7, 11) is -3.52. The summed E-state index contributed by atoms with van der Waals surface area (Å²) in [6.07, 6.45) is -61.9. The van der Waals surface area contributed by atoms with Crippen LogP contribution in [0.4, 0.5) is 0 Å². The number of rotatable bonds is 30. The molecule has 7 amide bonds. The molecule has 7 aliphatic rings. The highest BCUT2D eigenvalue weighted by Gasteiger charge is 2.52. The number of carboxylic acid groups (broad SMARTS) is 1. The van der Waals surface area contributed by atoms with Crippen LogP contribution in [0, 0.1) is 5.92 Å². The number of aliphatic hydroxyl groups excluding tert-OH is 6. The first-order valence-electron chi connectivity index (χ1n) is 48.1. The van der Waals surface area contributed by atoms with E-state index in [4.69, 9.17) is 87.6 Å². The molecule has 7 heterocycles. The van der Waals surface area contributed by atoms with Gasteiger partial charge in [-0.3, -0.25) is 38.1 Å². The van der Waals surface area contributed by atoms with Crippen molar-refractivity contribution in [3.05, 3.63) is 116 Å². The molecule has 41 heteroatoms. The number of likely N-dealkylation sites (N-methyl/N-ethyl adjacent to an activating group) is 1. The topological polar surface area (TPSA) is 598 Å². The van der Waals surface area contributed by atoms with Crippen molar-refractivity contribution in [2.75, 3.05) is 39.5 Å². The summed E-state index contributed by atoms with van der Waals surface area (Å²) >= 11 is 14.3. The Hall–Kier alpha value is -9.13. The van der Waals surface area contributed by atoms with Gasteiger partial charge in [-0.1, -0.05) is 107 Å². The number of hydrogen-bond acceptors (Lipinski definition) is 28. The second-order valence-electron chi connectivity index (χ2n) is 29.1. The van der Waals surface area contributed by atoms with E-state index in [0.717, 1.165) is 66.7 Å². The maximum absolute atomic E-state index is 16.4. The standard InChI is InChI=1S/C80H106Cl2N11O27P/c1-7-8-9-10-11-12-13-14-21-85-22-23-87-80(5)32-57(115-37(4)71(80)103)119-70-68(102)67(101)55(34-94)118-79(70)120-69-53-28-41-29-54(69)117-52-20-17-40(27-46(52)82)65(99)63-77(109)91-61(78(110)111)43-30-50(96)44(33-86-35-121(112,113)114)66(100)58(43)42-25-38(15-18-49(42)95)59(74(106)93-63)90-75(107)60(41)89-73(105)48(31-56(83)97)88-76(108)62(92-72(104)47(84-6)24-36(2)3)64(98)39-16-19-51(116-53)45(81)26-39/h15-20,25-30,36-37,47-48,55,57,59-65,67-68,70-71,79,84-87,94-96,98-103H,7-14,21-24,31-35H2,1-6H3,(H2,83,97)(H,88,108)(H,89,105)(H,90,107)(H,91,109)(H,92,104)(H,93,106)(H,110,111)(H2,112,113,114)/t37-,47+,48-,55+,57-,59+,60+,61-,62+,63-,64+,65+,67+,68-,70+,71+,79-,80-/m0/s1/i1D3,7D2,8D2,9D2,10D2,11D2,12D2,13D2,14D2,21D2/hD. The maximum Gasteiger partial charge on any atom is 0.339 e. The number of hydrogen-bond donors (Lipinski definition) is 23. The molecular weight excluding hydrogens is 1650 g/mol. The summed E-state index contributed by atoms with van der Waals surface area (Å²) in [5.41, 5.74) is -1.07. The minimum Gasteiger partial charge on any atom is -0.507 e. The summed E-state index contributed by atoms with van der Waals surface area (Å²) < 4.78 is 235. The van der Waals surface area contributed by atoms with E-state index in [9.17, 15) is 79.8 Å². The lowest BCUT2D eigenvalue weighted by atomic mass is 9.85. The lowest BCUT2D eigenvalue weighted by Gasteiger charge is -2.48. The number of aromatic hydroxyl groups is 3. The number of nitrogens with two attached hydrogens (primary N) is 1. The first kappa shape index (κ1) is 67.4. The largest absolute Gasteiger partial charge is 0.507 e. The Morgan fingerprint density at radius 1 is 0.744 bits per heavy atom. The van der Waals surface area contributed by atoms with Crippen molar-refractivity contribution in [1.82, 2.24) is 53.2 Å².